The fourth-order valence-corrected chi connectivity index (χ4v) is 3.17. The third-order valence-corrected chi connectivity index (χ3v) is 4.71. The number of carbonyl (C=O) groups excluding carboxylic acids is 1. The highest BCUT2D eigenvalue weighted by Crippen LogP contribution is 2.23. The third kappa shape index (κ3) is 5.24. The quantitative estimate of drug-likeness (QED) is 0.788. The van der Waals surface area contributed by atoms with Crippen LogP contribution in [0.4, 0.5) is 16.0 Å². The molecule has 0 spiro atoms. The molecule has 1 unspecified atom stereocenters. The zero-order valence-corrected chi connectivity index (χ0v) is 16.3. The highest BCUT2D eigenvalue weighted by molar-refractivity contribution is 5.78. The van der Waals surface area contributed by atoms with Gasteiger partial charge in [0, 0.05) is 26.2 Å². The first-order valence-electron chi connectivity index (χ1n) is 9.56. The van der Waals surface area contributed by atoms with Gasteiger partial charge in [0.1, 0.15) is 23.6 Å². The summed E-state index contributed by atoms with van der Waals surface area (Å²) in [6.45, 7) is 7.68. The number of aromatic nitrogens is 2. The van der Waals surface area contributed by atoms with E-state index in [9.17, 15) is 9.18 Å². The van der Waals surface area contributed by atoms with Gasteiger partial charge in [-0.2, -0.15) is 0 Å². The summed E-state index contributed by atoms with van der Waals surface area (Å²) in [6.07, 6.45) is 0.947. The van der Waals surface area contributed by atoms with E-state index in [-0.39, 0.29) is 17.8 Å². The fraction of sp³-hybridized carbons (Fsp3) is 0.450. The lowest BCUT2D eigenvalue weighted by Gasteiger charge is -2.33. The Balaban J connectivity index is 1.64. The fourth-order valence-electron chi connectivity index (χ4n) is 3.17. The summed E-state index contributed by atoms with van der Waals surface area (Å²) >= 11 is 0. The maximum Gasteiger partial charge on any atom is 0.236 e. The molecule has 2 aromatic heterocycles. The summed E-state index contributed by atoms with van der Waals surface area (Å²) in [5.41, 5.74) is 0.784. The summed E-state index contributed by atoms with van der Waals surface area (Å²) in [5, 5.41) is 3.07. The molecule has 0 saturated carbocycles. The summed E-state index contributed by atoms with van der Waals surface area (Å²) in [7, 11) is 0. The van der Waals surface area contributed by atoms with Crippen LogP contribution in [-0.4, -0.2) is 65.0 Å². The molecule has 1 amide bonds. The SMILES string of the molecule is CCN(CC)C(=O)CN1CCOC(c2cccc(Nc3ccc(F)cn3)n2)C1. The van der Waals surface area contributed by atoms with Crippen LogP contribution in [0.3, 0.4) is 0 Å². The highest BCUT2D eigenvalue weighted by Gasteiger charge is 2.25. The Labute approximate surface area is 164 Å². The van der Waals surface area contributed by atoms with Gasteiger partial charge in [-0.3, -0.25) is 9.69 Å². The number of pyridine rings is 2. The molecule has 2 aromatic rings. The van der Waals surface area contributed by atoms with E-state index in [1.807, 2.05) is 36.9 Å². The molecular formula is C20H26FN5O2. The van der Waals surface area contributed by atoms with E-state index in [1.165, 1.54) is 6.07 Å². The number of hydrogen-bond donors (Lipinski definition) is 1. The van der Waals surface area contributed by atoms with Crippen LogP contribution in [-0.2, 0) is 9.53 Å². The smallest absolute Gasteiger partial charge is 0.236 e. The van der Waals surface area contributed by atoms with Gasteiger partial charge in [0.2, 0.25) is 5.91 Å². The number of halogens is 1. The van der Waals surface area contributed by atoms with E-state index in [2.05, 4.69) is 20.2 Å². The molecule has 1 saturated heterocycles. The number of amides is 1. The van der Waals surface area contributed by atoms with Gasteiger partial charge in [0.05, 0.1) is 25.0 Å². The van der Waals surface area contributed by atoms with E-state index in [1.54, 1.807) is 6.07 Å². The molecular weight excluding hydrogens is 361 g/mol. The van der Waals surface area contributed by atoms with Crippen molar-refractivity contribution in [3.05, 3.63) is 48.0 Å². The lowest BCUT2D eigenvalue weighted by Crippen LogP contribution is -2.45. The molecule has 0 aromatic carbocycles. The Morgan fingerprint density at radius 2 is 2.11 bits per heavy atom. The molecule has 150 valence electrons. The van der Waals surface area contributed by atoms with Crippen molar-refractivity contribution in [3.8, 4) is 0 Å². The zero-order chi connectivity index (χ0) is 19.9. The van der Waals surface area contributed by atoms with Gasteiger partial charge in [-0.05, 0) is 38.1 Å². The minimum atomic E-state index is -0.387. The Hall–Kier alpha value is -2.58. The Kier molecular flexibility index (Phi) is 6.89. The van der Waals surface area contributed by atoms with Gasteiger partial charge in [-0.1, -0.05) is 6.07 Å². The average Bonchev–Trinajstić information content (AvgIpc) is 2.71. The predicted molar refractivity (Wildman–Crippen MR) is 105 cm³/mol. The molecule has 1 aliphatic heterocycles. The second-order valence-electron chi connectivity index (χ2n) is 6.59. The largest absolute Gasteiger partial charge is 0.369 e. The molecule has 0 aliphatic carbocycles. The van der Waals surface area contributed by atoms with Crippen molar-refractivity contribution in [3.63, 3.8) is 0 Å². The van der Waals surface area contributed by atoms with Gasteiger partial charge in [-0.15, -0.1) is 0 Å². The highest BCUT2D eigenvalue weighted by atomic mass is 19.1. The minimum absolute atomic E-state index is 0.136. The van der Waals surface area contributed by atoms with Crippen LogP contribution in [0.15, 0.2) is 36.5 Å². The van der Waals surface area contributed by atoms with Gasteiger partial charge < -0.3 is 15.0 Å². The molecule has 0 bridgehead atoms. The summed E-state index contributed by atoms with van der Waals surface area (Å²) in [5.74, 6) is 0.872. The van der Waals surface area contributed by atoms with Crippen molar-refractivity contribution < 1.29 is 13.9 Å². The molecule has 1 aliphatic rings. The van der Waals surface area contributed by atoms with Gasteiger partial charge in [-0.25, -0.2) is 14.4 Å². The Morgan fingerprint density at radius 1 is 1.29 bits per heavy atom. The van der Waals surface area contributed by atoms with Gasteiger partial charge >= 0.3 is 0 Å². The van der Waals surface area contributed by atoms with Gasteiger partial charge in [0.25, 0.3) is 0 Å². The molecule has 1 N–H and O–H groups in total. The number of rotatable bonds is 7. The van der Waals surface area contributed by atoms with Crippen molar-refractivity contribution >= 4 is 17.5 Å². The van der Waals surface area contributed by atoms with E-state index in [0.29, 0.717) is 31.3 Å². The summed E-state index contributed by atoms with van der Waals surface area (Å²) < 4.78 is 18.9. The molecule has 1 fully saturated rings. The molecule has 7 nitrogen and oxygen atoms in total. The summed E-state index contributed by atoms with van der Waals surface area (Å²) in [6, 6.07) is 8.51. The van der Waals surface area contributed by atoms with Crippen molar-refractivity contribution in [2.24, 2.45) is 0 Å². The molecule has 28 heavy (non-hydrogen) atoms. The van der Waals surface area contributed by atoms with Crippen LogP contribution in [0.25, 0.3) is 0 Å². The van der Waals surface area contributed by atoms with Crippen molar-refractivity contribution in [2.75, 3.05) is 44.6 Å². The van der Waals surface area contributed by atoms with Crippen LogP contribution in [0.2, 0.25) is 0 Å². The van der Waals surface area contributed by atoms with E-state index >= 15 is 0 Å². The first-order chi connectivity index (χ1) is 13.6. The number of ether oxygens (including phenoxy) is 1. The standard InChI is InChI=1S/C20H26FN5O2/c1-3-26(4-2)20(27)14-25-10-11-28-17(13-25)16-6-5-7-19(23-16)24-18-9-8-15(21)12-22-18/h5-9,12,17H,3-4,10-11,13-14H2,1-2H3,(H,22,23,24). The first-order valence-corrected chi connectivity index (χ1v) is 9.56. The normalized spacial score (nSPS) is 17.3. The predicted octanol–water partition coefficient (Wildman–Crippen LogP) is 2.60. The number of morpholine rings is 1. The van der Waals surface area contributed by atoms with E-state index in [4.69, 9.17) is 4.74 Å². The molecule has 0 radical (unpaired) electrons. The maximum atomic E-state index is 13.0. The number of carbonyl (C=O) groups is 1. The van der Waals surface area contributed by atoms with Crippen LogP contribution in [0, 0.1) is 5.82 Å². The van der Waals surface area contributed by atoms with Crippen molar-refractivity contribution in [1.29, 1.82) is 0 Å². The summed E-state index contributed by atoms with van der Waals surface area (Å²) in [4.78, 5) is 24.9. The topological polar surface area (TPSA) is 70.6 Å². The van der Waals surface area contributed by atoms with Crippen LogP contribution < -0.4 is 5.32 Å². The number of anilines is 2. The Morgan fingerprint density at radius 3 is 2.82 bits per heavy atom. The zero-order valence-electron chi connectivity index (χ0n) is 16.3. The van der Waals surface area contributed by atoms with Crippen molar-refractivity contribution in [2.45, 2.75) is 20.0 Å². The second kappa shape index (κ2) is 9.57. The molecule has 3 rings (SSSR count). The number of nitrogens with one attached hydrogen (secondary N) is 1. The van der Waals surface area contributed by atoms with Crippen LogP contribution >= 0.6 is 0 Å². The first kappa shape index (κ1) is 20.2. The maximum absolute atomic E-state index is 13.0. The monoisotopic (exact) mass is 387 g/mol. The van der Waals surface area contributed by atoms with Crippen molar-refractivity contribution in [1.82, 2.24) is 19.8 Å². The van der Waals surface area contributed by atoms with E-state index < -0.39 is 0 Å². The minimum Gasteiger partial charge on any atom is -0.369 e. The average molecular weight is 387 g/mol. The second-order valence-corrected chi connectivity index (χ2v) is 6.59. The third-order valence-electron chi connectivity index (χ3n) is 4.71. The van der Waals surface area contributed by atoms with Crippen LogP contribution in [0.5, 0.6) is 0 Å². The number of hydrogen-bond acceptors (Lipinski definition) is 6. The van der Waals surface area contributed by atoms with E-state index in [0.717, 1.165) is 31.5 Å². The number of likely N-dealkylation sites (N-methyl/N-ethyl adjacent to an activating group) is 1. The number of nitrogens with zero attached hydrogens (tertiary/aromatic N) is 4. The lowest BCUT2D eigenvalue weighted by atomic mass is 10.2. The van der Waals surface area contributed by atoms with Crippen LogP contribution in [0.1, 0.15) is 25.6 Å². The molecule has 3 heterocycles. The Bertz CT molecular complexity index is 782. The van der Waals surface area contributed by atoms with Gasteiger partial charge in [0.15, 0.2) is 0 Å². The lowest BCUT2D eigenvalue weighted by molar-refractivity contribution is -0.134. The molecule has 1 atom stereocenters. The molecule has 8 heteroatoms.